The summed E-state index contributed by atoms with van der Waals surface area (Å²) in [7, 11) is 2.61. The lowest BCUT2D eigenvalue weighted by Gasteiger charge is -2.31. The summed E-state index contributed by atoms with van der Waals surface area (Å²) in [5.41, 5.74) is 1.17. The molecular formula is C15H22N2O4. The van der Waals surface area contributed by atoms with Crippen LogP contribution in [0.1, 0.15) is 26.2 Å². The van der Waals surface area contributed by atoms with Crippen molar-refractivity contribution in [3.05, 3.63) is 35.9 Å². The number of aryl methyl sites for hydroxylation is 1. The summed E-state index contributed by atoms with van der Waals surface area (Å²) in [5, 5.41) is 10.7. The molecule has 0 aliphatic carbocycles. The maximum atomic E-state index is 11.3. The van der Waals surface area contributed by atoms with Crippen LogP contribution in [0.4, 0.5) is 4.79 Å². The smallest absolute Gasteiger partial charge is 0.424 e. The molecule has 1 N–H and O–H groups in total. The third kappa shape index (κ3) is 5.53. The highest BCUT2D eigenvalue weighted by atomic mass is 16.7. The van der Waals surface area contributed by atoms with E-state index < -0.39 is 12.1 Å². The summed E-state index contributed by atoms with van der Waals surface area (Å²) >= 11 is 0. The first kappa shape index (κ1) is 15.5. The van der Waals surface area contributed by atoms with E-state index in [9.17, 15) is 14.7 Å². The van der Waals surface area contributed by atoms with Crippen LogP contribution < -0.4 is 0 Å². The molecule has 1 rings (SSSR count). The van der Waals surface area contributed by atoms with Crippen LogP contribution in [0.3, 0.4) is 0 Å². The third-order valence-corrected chi connectivity index (χ3v) is 3.13. The minimum absolute atomic E-state index is 0.101. The number of rotatable bonds is 9. The number of carbonyl (C=O) groups is 2. The highest BCUT2D eigenvalue weighted by Gasteiger charge is 2.26. The number of carboxylic acid groups (broad SMARTS) is 1. The number of carbonyl (C=O) groups excluding carboxylic acids is 1. The number of unbranched alkanes of at least 4 members (excludes halogenated alkanes) is 1. The Hall–Kier alpha value is -1.92. The Labute approximate surface area is 126 Å². The summed E-state index contributed by atoms with van der Waals surface area (Å²) < 4.78 is 8.13. The zero-order valence-electron chi connectivity index (χ0n) is 13.4. The standard InChI is InChI=1S/C15H22N2O4/c1-16(21-2)17(15(19)20)14(12-18)11-7-6-10-13-8-4-3-5-9-13/h3-5,8-9,12,14H,6-7,10-11H2,1-2H3,(H,19,20)/i14D. The van der Waals surface area contributed by atoms with E-state index in [1.54, 1.807) is 0 Å². The fourth-order valence-electron chi connectivity index (χ4n) is 2.00. The monoisotopic (exact) mass is 295 g/mol. The molecule has 6 nitrogen and oxygen atoms in total. The van der Waals surface area contributed by atoms with E-state index in [1.807, 2.05) is 30.3 Å². The van der Waals surface area contributed by atoms with Gasteiger partial charge in [-0.3, -0.25) is 4.84 Å². The highest BCUT2D eigenvalue weighted by molar-refractivity contribution is 5.71. The molecule has 1 amide bonds. The second kappa shape index (κ2) is 9.10. The molecule has 1 aromatic carbocycles. The summed E-state index contributed by atoms with van der Waals surface area (Å²) in [6.45, 7) is 0. The molecule has 0 heterocycles. The molecule has 0 fully saturated rings. The van der Waals surface area contributed by atoms with Crippen molar-refractivity contribution in [1.82, 2.24) is 10.2 Å². The summed E-state index contributed by atoms with van der Waals surface area (Å²) in [6.07, 6.45) is 1.17. The Morgan fingerprint density at radius 1 is 1.43 bits per heavy atom. The molecule has 0 radical (unpaired) electrons. The fraction of sp³-hybridized carbons (Fsp3) is 0.467. The molecule has 0 saturated carbocycles. The number of hydrogen-bond donors (Lipinski definition) is 1. The number of benzene rings is 1. The number of aldehydes is 1. The van der Waals surface area contributed by atoms with Gasteiger partial charge in [0.2, 0.25) is 0 Å². The number of hydrazine groups is 1. The van der Waals surface area contributed by atoms with Gasteiger partial charge < -0.3 is 9.90 Å². The number of hydrogen-bond acceptors (Lipinski definition) is 4. The number of hydroxylamine groups is 1. The minimum Gasteiger partial charge on any atom is -0.464 e. The molecule has 0 aliphatic rings. The van der Waals surface area contributed by atoms with Gasteiger partial charge in [0.1, 0.15) is 12.3 Å². The molecule has 1 aromatic rings. The van der Waals surface area contributed by atoms with Crippen LogP contribution in [0.2, 0.25) is 0 Å². The van der Waals surface area contributed by atoms with Crippen LogP contribution in [0.5, 0.6) is 0 Å². The lowest BCUT2D eigenvalue weighted by molar-refractivity contribution is -0.242. The van der Waals surface area contributed by atoms with Crippen molar-refractivity contribution < 1.29 is 20.9 Å². The van der Waals surface area contributed by atoms with Crippen LogP contribution in [-0.4, -0.2) is 47.8 Å². The van der Waals surface area contributed by atoms with Crippen molar-refractivity contribution in [1.29, 1.82) is 0 Å². The minimum atomic E-state index is -1.90. The van der Waals surface area contributed by atoms with Gasteiger partial charge in [-0.15, -0.1) is 0 Å². The van der Waals surface area contributed by atoms with Gasteiger partial charge in [-0.25, -0.2) is 9.80 Å². The van der Waals surface area contributed by atoms with Crippen molar-refractivity contribution >= 4 is 12.4 Å². The molecule has 0 saturated heterocycles. The lowest BCUT2D eigenvalue weighted by atomic mass is 10.0. The molecule has 6 heteroatoms. The fourth-order valence-corrected chi connectivity index (χ4v) is 2.00. The van der Waals surface area contributed by atoms with Crippen LogP contribution in [0, 0.1) is 0 Å². The number of nitrogens with zero attached hydrogens (tertiary/aromatic N) is 2. The topological polar surface area (TPSA) is 70.1 Å². The van der Waals surface area contributed by atoms with Gasteiger partial charge in [-0.05, 0) is 24.8 Å². The van der Waals surface area contributed by atoms with E-state index in [4.69, 9.17) is 6.21 Å². The summed E-state index contributed by atoms with van der Waals surface area (Å²) in [5.74, 6) is 0. The molecule has 0 aliphatic heterocycles. The molecular weight excluding hydrogens is 272 g/mol. The molecule has 0 spiro atoms. The normalized spacial score (nSPS) is 14.3. The average molecular weight is 295 g/mol. The first-order valence-electron chi connectivity index (χ1n) is 7.26. The van der Waals surface area contributed by atoms with E-state index in [0.717, 1.165) is 18.0 Å². The van der Waals surface area contributed by atoms with E-state index in [0.29, 0.717) is 17.7 Å². The summed E-state index contributed by atoms with van der Waals surface area (Å²) in [4.78, 5) is 27.4. The predicted molar refractivity (Wildman–Crippen MR) is 78.5 cm³/mol. The molecule has 1 atom stereocenters. The van der Waals surface area contributed by atoms with Crippen molar-refractivity contribution in [3.63, 3.8) is 0 Å². The lowest BCUT2D eigenvalue weighted by Crippen LogP contribution is -2.50. The van der Waals surface area contributed by atoms with E-state index in [-0.39, 0.29) is 6.42 Å². The van der Waals surface area contributed by atoms with Crippen molar-refractivity contribution in [2.75, 3.05) is 14.2 Å². The maximum absolute atomic E-state index is 11.3. The molecule has 21 heavy (non-hydrogen) atoms. The van der Waals surface area contributed by atoms with Gasteiger partial charge in [0.15, 0.2) is 0 Å². The van der Waals surface area contributed by atoms with Crippen molar-refractivity contribution in [3.8, 4) is 0 Å². The zero-order valence-corrected chi connectivity index (χ0v) is 12.4. The van der Waals surface area contributed by atoms with E-state index in [2.05, 4.69) is 0 Å². The average Bonchev–Trinajstić information content (AvgIpc) is 2.52. The van der Waals surface area contributed by atoms with Gasteiger partial charge in [-0.1, -0.05) is 41.9 Å². The first-order chi connectivity index (χ1) is 10.4. The van der Waals surface area contributed by atoms with Gasteiger partial charge in [0.25, 0.3) is 0 Å². The molecule has 0 bridgehead atoms. The first-order valence-corrected chi connectivity index (χ1v) is 6.76. The predicted octanol–water partition coefficient (Wildman–Crippen LogP) is 2.36. The van der Waals surface area contributed by atoms with Gasteiger partial charge in [-0.2, -0.15) is 0 Å². The second-order valence-corrected chi connectivity index (χ2v) is 4.54. The van der Waals surface area contributed by atoms with Crippen LogP contribution in [0.25, 0.3) is 0 Å². The Balaban J connectivity index is 2.61. The summed E-state index contributed by atoms with van der Waals surface area (Å²) in [6, 6.07) is 7.97. The highest BCUT2D eigenvalue weighted by Crippen LogP contribution is 2.12. The molecule has 1 unspecified atom stereocenters. The second-order valence-electron chi connectivity index (χ2n) is 4.54. The largest absolute Gasteiger partial charge is 0.464 e. The quantitative estimate of drug-likeness (QED) is 0.430. The van der Waals surface area contributed by atoms with E-state index >= 15 is 0 Å². The zero-order chi connectivity index (χ0) is 16.6. The van der Waals surface area contributed by atoms with Crippen LogP contribution in [-0.2, 0) is 16.1 Å². The van der Waals surface area contributed by atoms with Gasteiger partial charge >= 0.3 is 6.09 Å². The Morgan fingerprint density at radius 3 is 2.62 bits per heavy atom. The third-order valence-electron chi connectivity index (χ3n) is 3.13. The Bertz CT molecular complexity index is 486. The number of amides is 1. The molecule has 116 valence electrons. The SMILES string of the molecule is [2H]C(C=O)(CCCCc1ccccc1)N(C(=O)O)N(C)OC. The Morgan fingerprint density at radius 2 is 2.10 bits per heavy atom. The maximum Gasteiger partial charge on any atom is 0.424 e. The van der Waals surface area contributed by atoms with Gasteiger partial charge in [0, 0.05) is 7.05 Å². The van der Waals surface area contributed by atoms with Gasteiger partial charge in [0.05, 0.1) is 8.48 Å². The molecule has 0 aromatic heterocycles. The van der Waals surface area contributed by atoms with Crippen molar-refractivity contribution in [2.24, 2.45) is 0 Å². The van der Waals surface area contributed by atoms with Crippen molar-refractivity contribution in [2.45, 2.75) is 31.7 Å². The van der Waals surface area contributed by atoms with E-state index in [1.165, 1.54) is 19.7 Å². The van der Waals surface area contributed by atoms with Crippen LogP contribution >= 0.6 is 0 Å². The van der Waals surface area contributed by atoms with Crippen LogP contribution in [0.15, 0.2) is 30.3 Å². The Kier molecular flexibility index (Phi) is 6.70.